The van der Waals surface area contributed by atoms with Crippen molar-refractivity contribution in [3.63, 3.8) is 0 Å². The predicted molar refractivity (Wildman–Crippen MR) is 353 cm³/mol. The zero-order chi connectivity index (χ0) is 57.6. The molecule has 0 aliphatic rings. The van der Waals surface area contributed by atoms with Crippen LogP contribution in [0.4, 0.5) is 0 Å². The molecule has 1 atom stereocenters. The van der Waals surface area contributed by atoms with Crippen molar-refractivity contribution in [1.29, 1.82) is 0 Å². The van der Waals surface area contributed by atoms with E-state index in [-0.39, 0.29) is 25.2 Å². The van der Waals surface area contributed by atoms with Gasteiger partial charge in [0, 0.05) is 12.8 Å². The third-order valence-corrected chi connectivity index (χ3v) is 16.3. The van der Waals surface area contributed by atoms with Gasteiger partial charge < -0.3 is 14.6 Å². The second-order valence-corrected chi connectivity index (χ2v) is 24.3. The third-order valence-electron chi connectivity index (χ3n) is 16.3. The Hall–Kier alpha value is -2.40. The van der Waals surface area contributed by atoms with E-state index in [0.717, 1.165) is 64.2 Å². The van der Waals surface area contributed by atoms with Crippen LogP contribution in [-0.4, -0.2) is 36.4 Å². The zero-order valence-electron chi connectivity index (χ0n) is 53.9. The van der Waals surface area contributed by atoms with Crippen molar-refractivity contribution in [1.82, 2.24) is 0 Å². The second-order valence-electron chi connectivity index (χ2n) is 24.3. The van der Waals surface area contributed by atoms with Crippen molar-refractivity contribution >= 4 is 11.9 Å². The van der Waals surface area contributed by atoms with E-state index in [1.54, 1.807) is 0 Å². The highest BCUT2D eigenvalue weighted by Crippen LogP contribution is 2.19. The van der Waals surface area contributed by atoms with Crippen molar-refractivity contribution in [3.05, 3.63) is 60.8 Å². The number of carbonyl (C=O) groups excluding carboxylic acids is 2. The maximum absolute atomic E-state index is 12.4. The number of aliphatic hydroxyl groups excluding tert-OH is 1. The Morgan fingerprint density at radius 2 is 0.537 bits per heavy atom. The molecule has 0 rings (SSSR count). The molecule has 0 aliphatic carbocycles. The lowest BCUT2D eigenvalue weighted by molar-refractivity contribution is -0.161. The Labute approximate surface area is 500 Å². The van der Waals surface area contributed by atoms with Gasteiger partial charge in [-0.05, 0) is 57.8 Å². The maximum Gasteiger partial charge on any atom is 0.306 e. The van der Waals surface area contributed by atoms with Crippen LogP contribution >= 0.6 is 0 Å². The van der Waals surface area contributed by atoms with Gasteiger partial charge in [0.25, 0.3) is 0 Å². The average molecular weight is 1120 g/mol. The number of hydrogen-bond acceptors (Lipinski definition) is 5. The van der Waals surface area contributed by atoms with Crippen LogP contribution in [0.25, 0.3) is 0 Å². The van der Waals surface area contributed by atoms with Gasteiger partial charge >= 0.3 is 11.9 Å². The zero-order valence-corrected chi connectivity index (χ0v) is 53.9. The molecular weight excluding hydrogens is 981 g/mol. The minimum atomic E-state index is -0.769. The van der Waals surface area contributed by atoms with E-state index in [1.165, 1.54) is 295 Å². The molecule has 0 aromatic rings. The van der Waals surface area contributed by atoms with Crippen LogP contribution in [0.15, 0.2) is 60.8 Å². The molecule has 5 nitrogen and oxygen atoms in total. The van der Waals surface area contributed by atoms with E-state index in [2.05, 4.69) is 74.6 Å². The number of allylic oxidation sites excluding steroid dienone is 10. The minimum absolute atomic E-state index is 0.0588. The van der Waals surface area contributed by atoms with Crippen LogP contribution < -0.4 is 0 Å². The average Bonchev–Trinajstić information content (AvgIpc) is 3.46. The Bertz CT molecular complexity index is 1360. The smallest absolute Gasteiger partial charge is 0.306 e. The molecule has 0 amide bonds. The molecule has 468 valence electrons. The quantitative estimate of drug-likeness (QED) is 0.0373. The van der Waals surface area contributed by atoms with E-state index in [4.69, 9.17) is 9.47 Å². The van der Waals surface area contributed by atoms with E-state index >= 15 is 0 Å². The van der Waals surface area contributed by atoms with E-state index in [1.807, 2.05) is 0 Å². The van der Waals surface area contributed by atoms with Gasteiger partial charge in [-0.1, -0.05) is 376 Å². The molecule has 0 heterocycles. The molecule has 0 aliphatic heterocycles. The van der Waals surface area contributed by atoms with Gasteiger partial charge in [-0.25, -0.2) is 0 Å². The predicted octanol–water partition coefficient (Wildman–Crippen LogP) is 24.9. The van der Waals surface area contributed by atoms with Gasteiger partial charge in [-0.2, -0.15) is 0 Å². The topological polar surface area (TPSA) is 72.8 Å². The summed E-state index contributed by atoms with van der Waals surface area (Å²) >= 11 is 0. The molecule has 0 aromatic heterocycles. The van der Waals surface area contributed by atoms with Crippen molar-refractivity contribution in [2.75, 3.05) is 13.2 Å². The number of ether oxygens (including phenoxy) is 2. The van der Waals surface area contributed by atoms with Crippen LogP contribution in [0.5, 0.6) is 0 Å². The van der Waals surface area contributed by atoms with Gasteiger partial charge in [-0.3, -0.25) is 9.59 Å². The molecule has 5 heteroatoms. The van der Waals surface area contributed by atoms with Crippen molar-refractivity contribution in [3.8, 4) is 0 Å². The van der Waals surface area contributed by atoms with E-state index in [9.17, 15) is 14.7 Å². The lowest BCUT2D eigenvalue weighted by Gasteiger charge is -2.15. The lowest BCUT2D eigenvalue weighted by atomic mass is 10.0. The monoisotopic (exact) mass is 1120 g/mol. The van der Waals surface area contributed by atoms with Crippen molar-refractivity contribution in [2.24, 2.45) is 0 Å². The highest BCUT2D eigenvalue weighted by molar-refractivity contribution is 5.70. The SMILES string of the molecule is CC/C=C\C/C=C\C/C=C\C/C=C\C/C=C\CCCCCCCCCCCCCCCCCCCCCCCCCCCC(=O)OC(CO)COC(=O)CCCCCCCCCCCCCCCCCCCCCCCCCCC. The fraction of sp³-hybridized carbons (Fsp3) is 0.840. The number of unbranched alkanes of at least 4 members (excludes halogenated alkanes) is 49. The first-order chi connectivity index (χ1) is 39.6. The Morgan fingerprint density at radius 3 is 0.812 bits per heavy atom. The van der Waals surface area contributed by atoms with Gasteiger partial charge in [0.15, 0.2) is 6.10 Å². The largest absolute Gasteiger partial charge is 0.462 e. The van der Waals surface area contributed by atoms with Crippen LogP contribution in [0.2, 0.25) is 0 Å². The van der Waals surface area contributed by atoms with Crippen molar-refractivity contribution < 1.29 is 24.2 Å². The summed E-state index contributed by atoms with van der Waals surface area (Å²) in [5.41, 5.74) is 0. The highest BCUT2D eigenvalue weighted by atomic mass is 16.6. The first-order valence-corrected chi connectivity index (χ1v) is 35.8. The summed E-state index contributed by atoms with van der Waals surface area (Å²) in [5, 5.41) is 9.70. The van der Waals surface area contributed by atoms with E-state index in [0.29, 0.717) is 12.8 Å². The van der Waals surface area contributed by atoms with Gasteiger partial charge in [0.2, 0.25) is 0 Å². The fourth-order valence-electron chi connectivity index (χ4n) is 11.0. The van der Waals surface area contributed by atoms with Gasteiger partial charge in [0.1, 0.15) is 6.61 Å². The fourth-order valence-corrected chi connectivity index (χ4v) is 11.0. The Morgan fingerprint density at radius 1 is 0.300 bits per heavy atom. The number of rotatable bonds is 67. The summed E-state index contributed by atoms with van der Waals surface area (Å²) in [5.74, 6) is -0.565. The summed E-state index contributed by atoms with van der Waals surface area (Å²) in [7, 11) is 0. The highest BCUT2D eigenvalue weighted by Gasteiger charge is 2.16. The summed E-state index contributed by atoms with van der Waals surface area (Å²) in [6, 6.07) is 0. The number of hydrogen-bond donors (Lipinski definition) is 1. The Balaban J connectivity index is 3.38. The first-order valence-electron chi connectivity index (χ1n) is 35.8. The number of carbonyl (C=O) groups is 2. The molecule has 0 saturated heterocycles. The lowest BCUT2D eigenvalue weighted by Crippen LogP contribution is -2.28. The minimum Gasteiger partial charge on any atom is -0.462 e. The summed E-state index contributed by atoms with van der Waals surface area (Å²) < 4.78 is 10.8. The molecule has 0 radical (unpaired) electrons. The molecule has 80 heavy (non-hydrogen) atoms. The van der Waals surface area contributed by atoms with Crippen LogP contribution in [0.1, 0.15) is 386 Å². The molecular formula is C75H138O5. The number of esters is 2. The summed E-state index contributed by atoms with van der Waals surface area (Å²) in [6.45, 7) is 4.09. The molecule has 0 aromatic carbocycles. The maximum atomic E-state index is 12.4. The number of aliphatic hydroxyl groups is 1. The summed E-state index contributed by atoms with van der Waals surface area (Å²) in [4.78, 5) is 24.6. The van der Waals surface area contributed by atoms with E-state index < -0.39 is 6.10 Å². The molecule has 1 unspecified atom stereocenters. The molecule has 0 fully saturated rings. The first kappa shape index (κ1) is 77.6. The molecule has 1 N–H and O–H groups in total. The Kier molecular flexibility index (Phi) is 68.7. The second kappa shape index (κ2) is 70.9. The molecule has 0 spiro atoms. The third kappa shape index (κ3) is 68.1. The van der Waals surface area contributed by atoms with Gasteiger partial charge in [0.05, 0.1) is 6.61 Å². The van der Waals surface area contributed by atoms with Crippen LogP contribution in [0, 0.1) is 0 Å². The standard InChI is InChI=1S/C75H138O5/c1-3-5-7-9-11-13-15-17-19-21-23-25-27-29-30-31-32-33-34-35-36-37-38-39-40-41-42-43-44-46-48-50-52-54-56-58-60-62-64-66-68-70-75(78)80-73(71-76)72-79-74(77)69-67-65-63-61-59-57-55-53-51-49-47-45-28-26-24-22-20-18-16-14-12-10-8-6-4-2/h5,7,11,13,17,19,23,25,29-30,73,76H,3-4,6,8-10,12,14-16,18,20-22,24,26-28,31-72H2,1-2H3/b7-5-,13-11-,19-17-,25-23-,30-29-. The van der Waals surface area contributed by atoms with Crippen molar-refractivity contribution in [2.45, 2.75) is 392 Å². The van der Waals surface area contributed by atoms with Crippen LogP contribution in [0.3, 0.4) is 0 Å². The molecule has 0 saturated carbocycles. The molecule has 0 bridgehead atoms. The van der Waals surface area contributed by atoms with Gasteiger partial charge in [-0.15, -0.1) is 0 Å². The van der Waals surface area contributed by atoms with Crippen LogP contribution in [-0.2, 0) is 19.1 Å². The summed E-state index contributed by atoms with van der Waals surface area (Å²) in [6.07, 6.45) is 97.0. The normalized spacial score (nSPS) is 12.5.